The molecule has 0 unspecified atom stereocenters. The van der Waals surface area contributed by atoms with E-state index in [2.05, 4.69) is 6.92 Å². The summed E-state index contributed by atoms with van der Waals surface area (Å²) in [7, 11) is 0. The standard InChI is InChI=1S/C15H27NOS/c1-2-3-4-5-6-7-8-9-10-11-12-16-13-14-18-15(16)17/h13-14H,2-12H2,1H3. The summed E-state index contributed by atoms with van der Waals surface area (Å²) in [5.74, 6) is 0. The predicted octanol–water partition coefficient (Wildman–Crippen LogP) is 4.83. The summed E-state index contributed by atoms with van der Waals surface area (Å²) in [5, 5.41) is 1.87. The van der Waals surface area contributed by atoms with Crippen LogP contribution in [0.2, 0.25) is 0 Å². The molecule has 1 rings (SSSR count). The zero-order valence-electron chi connectivity index (χ0n) is 11.7. The number of aromatic nitrogens is 1. The van der Waals surface area contributed by atoms with Crippen LogP contribution in [0.25, 0.3) is 0 Å². The third-order valence-electron chi connectivity index (χ3n) is 3.40. The average Bonchev–Trinajstić information content (AvgIpc) is 2.77. The van der Waals surface area contributed by atoms with Gasteiger partial charge in [-0.1, -0.05) is 76.0 Å². The summed E-state index contributed by atoms with van der Waals surface area (Å²) in [4.78, 5) is 11.5. The Hall–Kier alpha value is -0.570. The monoisotopic (exact) mass is 269 g/mol. The Labute approximate surface area is 115 Å². The highest BCUT2D eigenvalue weighted by Gasteiger charge is 1.96. The van der Waals surface area contributed by atoms with Crippen LogP contribution in [0.3, 0.4) is 0 Å². The van der Waals surface area contributed by atoms with E-state index in [9.17, 15) is 4.79 Å². The predicted molar refractivity (Wildman–Crippen MR) is 80.4 cm³/mol. The largest absolute Gasteiger partial charge is 0.307 e. The zero-order chi connectivity index (χ0) is 13.1. The molecule has 0 fully saturated rings. The Morgan fingerprint density at radius 3 is 2.00 bits per heavy atom. The highest BCUT2D eigenvalue weighted by molar-refractivity contribution is 7.07. The molecule has 0 aliphatic carbocycles. The lowest BCUT2D eigenvalue weighted by molar-refractivity contribution is 0.533. The number of hydrogen-bond donors (Lipinski definition) is 0. The molecule has 0 spiro atoms. The van der Waals surface area contributed by atoms with E-state index >= 15 is 0 Å². The van der Waals surface area contributed by atoms with Crippen molar-refractivity contribution in [2.24, 2.45) is 0 Å². The van der Waals surface area contributed by atoms with Crippen LogP contribution in [0.15, 0.2) is 16.4 Å². The van der Waals surface area contributed by atoms with E-state index in [4.69, 9.17) is 0 Å². The van der Waals surface area contributed by atoms with Crippen molar-refractivity contribution >= 4 is 11.3 Å². The molecule has 1 aromatic heterocycles. The number of aryl methyl sites for hydroxylation is 1. The lowest BCUT2D eigenvalue weighted by Crippen LogP contribution is -2.11. The van der Waals surface area contributed by atoms with Crippen LogP contribution in [0.4, 0.5) is 0 Å². The second-order valence-corrected chi connectivity index (χ2v) is 5.90. The molecule has 18 heavy (non-hydrogen) atoms. The molecule has 3 heteroatoms. The molecule has 0 aliphatic heterocycles. The van der Waals surface area contributed by atoms with E-state index in [0.29, 0.717) is 0 Å². The van der Waals surface area contributed by atoms with E-state index < -0.39 is 0 Å². The van der Waals surface area contributed by atoms with Gasteiger partial charge in [0.05, 0.1) is 0 Å². The molecule has 0 amide bonds. The van der Waals surface area contributed by atoms with Crippen LogP contribution in [0.1, 0.15) is 71.1 Å². The van der Waals surface area contributed by atoms with Gasteiger partial charge in [0.2, 0.25) is 0 Å². The van der Waals surface area contributed by atoms with Crippen LogP contribution in [-0.4, -0.2) is 4.57 Å². The molecular weight excluding hydrogens is 242 g/mol. The molecule has 0 atom stereocenters. The molecule has 0 N–H and O–H groups in total. The lowest BCUT2D eigenvalue weighted by Gasteiger charge is -2.03. The van der Waals surface area contributed by atoms with Gasteiger partial charge < -0.3 is 4.57 Å². The number of hydrogen-bond acceptors (Lipinski definition) is 2. The van der Waals surface area contributed by atoms with Crippen molar-refractivity contribution in [3.63, 3.8) is 0 Å². The maximum Gasteiger partial charge on any atom is 0.307 e. The van der Waals surface area contributed by atoms with Gasteiger partial charge in [-0.05, 0) is 6.42 Å². The van der Waals surface area contributed by atoms with Crippen molar-refractivity contribution in [2.75, 3.05) is 0 Å². The minimum atomic E-state index is 0.186. The SMILES string of the molecule is CCCCCCCCCCCCn1ccsc1=O. The number of unbranched alkanes of at least 4 members (excludes halogenated alkanes) is 9. The van der Waals surface area contributed by atoms with Gasteiger partial charge in [0, 0.05) is 18.1 Å². The summed E-state index contributed by atoms with van der Waals surface area (Å²) >= 11 is 1.29. The Kier molecular flexibility index (Phi) is 8.92. The van der Waals surface area contributed by atoms with E-state index in [1.54, 1.807) is 0 Å². The van der Waals surface area contributed by atoms with Gasteiger partial charge in [0.15, 0.2) is 0 Å². The van der Waals surface area contributed by atoms with Crippen LogP contribution >= 0.6 is 11.3 Å². The minimum Gasteiger partial charge on any atom is -0.306 e. The van der Waals surface area contributed by atoms with Crippen LogP contribution in [-0.2, 0) is 6.54 Å². The van der Waals surface area contributed by atoms with Crippen molar-refractivity contribution in [2.45, 2.75) is 77.7 Å². The summed E-state index contributed by atoms with van der Waals surface area (Å²) < 4.78 is 1.83. The molecule has 0 aliphatic rings. The Balaban J connectivity index is 1.84. The first kappa shape index (κ1) is 15.5. The molecule has 104 valence electrons. The van der Waals surface area contributed by atoms with E-state index in [0.717, 1.165) is 13.0 Å². The van der Waals surface area contributed by atoms with Crippen molar-refractivity contribution in [3.8, 4) is 0 Å². The molecular formula is C15H27NOS. The van der Waals surface area contributed by atoms with Crippen LogP contribution < -0.4 is 4.87 Å². The van der Waals surface area contributed by atoms with Gasteiger partial charge in [-0.25, -0.2) is 0 Å². The number of thiazole rings is 1. The van der Waals surface area contributed by atoms with E-state index in [1.807, 2.05) is 16.1 Å². The van der Waals surface area contributed by atoms with Crippen molar-refractivity contribution in [3.05, 3.63) is 21.2 Å². The molecule has 0 aromatic carbocycles. The number of rotatable bonds is 11. The first-order chi connectivity index (χ1) is 8.84. The van der Waals surface area contributed by atoms with Crippen molar-refractivity contribution in [1.82, 2.24) is 4.57 Å². The first-order valence-corrected chi connectivity index (χ1v) is 8.36. The maximum atomic E-state index is 11.3. The molecule has 0 saturated heterocycles. The molecule has 2 nitrogen and oxygen atoms in total. The quantitative estimate of drug-likeness (QED) is 0.527. The second kappa shape index (κ2) is 10.4. The normalized spacial score (nSPS) is 10.9. The first-order valence-electron chi connectivity index (χ1n) is 7.48. The maximum absolute atomic E-state index is 11.3. The third-order valence-corrected chi connectivity index (χ3v) is 4.09. The van der Waals surface area contributed by atoms with Crippen LogP contribution in [0.5, 0.6) is 0 Å². The zero-order valence-corrected chi connectivity index (χ0v) is 12.5. The Morgan fingerprint density at radius 1 is 0.944 bits per heavy atom. The Bertz CT molecular complexity index is 342. The van der Waals surface area contributed by atoms with Crippen molar-refractivity contribution in [1.29, 1.82) is 0 Å². The van der Waals surface area contributed by atoms with Gasteiger partial charge in [0.1, 0.15) is 0 Å². The highest BCUT2D eigenvalue weighted by Crippen LogP contribution is 2.10. The molecule has 0 saturated carbocycles. The van der Waals surface area contributed by atoms with Gasteiger partial charge in [0.25, 0.3) is 0 Å². The second-order valence-electron chi connectivity index (χ2n) is 5.04. The van der Waals surface area contributed by atoms with Gasteiger partial charge in [-0.3, -0.25) is 4.79 Å². The summed E-state index contributed by atoms with van der Waals surface area (Å²) in [6, 6.07) is 0. The topological polar surface area (TPSA) is 22.0 Å². The summed E-state index contributed by atoms with van der Waals surface area (Å²) in [6.45, 7) is 3.16. The fourth-order valence-electron chi connectivity index (χ4n) is 2.23. The molecule has 1 aromatic rings. The van der Waals surface area contributed by atoms with E-state index in [-0.39, 0.29) is 4.87 Å². The smallest absolute Gasteiger partial charge is 0.306 e. The fraction of sp³-hybridized carbons (Fsp3) is 0.800. The third kappa shape index (κ3) is 7.00. The van der Waals surface area contributed by atoms with Crippen molar-refractivity contribution < 1.29 is 0 Å². The van der Waals surface area contributed by atoms with Gasteiger partial charge in [-0.15, -0.1) is 0 Å². The van der Waals surface area contributed by atoms with Gasteiger partial charge in [-0.2, -0.15) is 0 Å². The highest BCUT2D eigenvalue weighted by atomic mass is 32.1. The van der Waals surface area contributed by atoms with Crippen LogP contribution in [0, 0.1) is 0 Å². The minimum absolute atomic E-state index is 0.186. The molecule has 1 heterocycles. The Morgan fingerprint density at radius 2 is 1.50 bits per heavy atom. The lowest BCUT2D eigenvalue weighted by atomic mass is 10.1. The molecule has 0 bridgehead atoms. The summed E-state index contributed by atoms with van der Waals surface area (Å²) in [5.41, 5.74) is 0. The number of nitrogens with zero attached hydrogens (tertiary/aromatic N) is 1. The molecule has 0 radical (unpaired) electrons. The van der Waals surface area contributed by atoms with Gasteiger partial charge >= 0.3 is 4.87 Å². The summed E-state index contributed by atoms with van der Waals surface area (Å²) in [6.07, 6.45) is 15.4. The average molecular weight is 269 g/mol. The fourth-order valence-corrected chi connectivity index (χ4v) is 2.84. The van der Waals surface area contributed by atoms with E-state index in [1.165, 1.54) is 69.1 Å².